The Morgan fingerprint density at radius 3 is 3.50 bits per heavy atom. The maximum absolute atomic E-state index is 4.19. The zero-order valence-electron chi connectivity index (χ0n) is 6.95. The highest BCUT2D eigenvalue weighted by Gasteiger charge is 2.15. The predicted molar refractivity (Wildman–Crippen MR) is 52.6 cm³/mol. The smallest absolute Gasteiger partial charge is 0.150 e. The van der Waals surface area contributed by atoms with Crippen molar-refractivity contribution in [3.63, 3.8) is 0 Å². The molecule has 1 N–H and O–H groups in total. The van der Waals surface area contributed by atoms with Gasteiger partial charge in [0, 0.05) is 4.91 Å². The van der Waals surface area contributed by atoms with E-state index in [4.69, 9.17) is 0 Å². The summed E-state index contributed by atoms with van der Waals surface area (Å²) in [5.74, 6) is 2.14. The van der Waals surface area contributed by atoms with Gasteiger partial charge < -0.3 is 0 Å². The van der Waals surface area contributed by atoms with Crippen LogP contribution in [-0.2, 0) is 0 Å². The molecule has 4 heteroatoms. The van der Waals surface area contributed by atoms with Gasteiger partial charge in [-0.1, -0.05) is 6.92 Å². The zero-order valence-corrected chi connectivity index (χ0v) is 7.77. The SMILES string of the molecule is CCSC1=CCN2NC=NC2=C1. The van der Waals surface area contributed by atoms with E-state index in [0.29, 0.717) is 0 Å². The van der Waals surface area contributed by atoms with E-state index in [-0.39, 0.29) is 0 Å². The number of nitrogens with zero attached hydrogens (tertiary/aromatic N) is 2. The summed E-state index contributed by atoms with van der Waals surface area (Å²) in [6.45, 7) is 3.07. The Kier molecular flexibility index (Phi) is 2.08. The molecule has 0 aromatic rings. The van der Waals surface area contributed by atoms with Crippen molar-refractivity contribution in [3.05, 3.63) is 22.9 Å². The maximum atomic E-state index is 4.19. The van der Waals surface area contributed by atoms with Crippen LogP contribution in [0.2, 0.25) is 0 Å². The van der Waals surface area contributed by atoms with Crippen LogP contribution in [0.1, 0.15) is 6.92 Å². The Morgan fingerprint density at radius 1 is 1.75 bits per heavy atom. The van der Waals surface area contributed by atoms with Gasteiger partial charge in [0.05, 0.1) is 6.54 Å². The summed E-state index contributed by atoms with van der Waals surface area (Å²) in [5.41, 5.74) is 3.04. The maximum Gasteiger partial charge on any atom is 0.150 e. The molecule has 2 aliphatic heterocycles. The number of rotatable bonds is 2. The Balaban J connectivity index is 2.11. The van der Waals surface area contributed by atoms with Gasteiger partial charge in [0.1, 0.15) is 12.2 Å². The van der Waals surface area contributed by atoms with Gasteiger partial charge in [-0.05, 0) is 17.9 Å². The van der Waals surface area contributed by atoms with Crippen molar-refractivity contribution in [1.29, 1.82) is 0 Å². The van der Waals surface area contributed by atoms with Crippen LogP contribution in [0.3, 0.4) is 0 Å². The highest BCUT2D eigenvalue weighted by Crippen LogP contribution is 2.24. The third-order valence-electron chi connectivity index (χ3n) is 1.74. The molecular formula is C8H11N3S. The normalized spacial score (nSPS) is 19.9. The molecule has 0 aromatic carbocycles. The van der Waals surface area contributed by atoms with E-state index in [1.807, 2.05) is 16.8 Å². The van der Waals surface area contributed by atoms with Crippen LogP contribution in [-0.4, -0.2) is 23.6 Å². The molecule has 0 aliphatic carbocycles. The summed E-state index contributed by atoms with van der Waals surface area (Å²) < 4.78 is 0. The second-order valence-electron chi connectivity index (χ2n) is 2.54. The molecule has 0 bridgehead atoms. The molecule has 0 radical (unpaired) electrons. The molecule has 2 heterocycles. The molecular weight excluding hydrogens is 170 g/mol. The summed E-state index contributed by atoms with van der Waals surface area (Å²) in [5, 5.41) is 2.01. The van der Waals surface area contributed by atoms with E-state index in [1.165, 1.54) is 4.91 Å². The number of nitrogens with one attached hydrogen (secondary N) is 1. The molecule has 0 aromatic heterocycles. The van der Waals surface area contributed by atoms with Crippen LogP contribution in [0, 0.1) is 0 Å². The van der Waals surface area contributed by atoms with E-state index in [2.05, 4.69) is 29.5 Å². The first-order valence-corrected chi connectivity index (χ1v) is 4.99. The van der Waals surface area contributed by atoms with Gasteiger partial charge in [0.25, 0.3) is 0 Å². The minimum atomic E-state index is 0.911. The van der Waals surface area contributed by atoms with Gasteiger partial charge in [-0.15, -0.1) is 11.8 Å². The highest BCUT2D eigenvalue weighted by atomic mass is 32.2. The molecule has 0 saturated carbocycles. The van der Waals surface area contributed by atoms with Crippen molar-refractivity contribution >= 4 is 18.1 Å². The lowest BCUT2D eigenvalue weighted by Crippen LogP contribution is -2.32. The van der Waals surface area contributed by atoms with Gasteiger partial charge in [0.15, 0.2) is 0 Å². The van der Waals surface area contributed by atoms with Crippen molar-refractivity contribution < 1.29 is 0 Å². The van der Waals surface area contributed by atoms with Crippen molar-refractivity contribution in [2.75, 3.05) is 12.3 Å². The third-order valence-corrected chi connectivity index (χ3v) is 2.65. The number of hydrogen-bond acceptors (Lipinski definition) is 4. The van der Waals surface area contributed by atoms with Crippen LogP contribution in [0.15, 0.2) is 27.9 Å². The van der Waals surface area contributed by atoms with Crippen LogP contribution >= 0.6 is 11.8 Å². The van der Waals surface area contributed by atoms with Crippen LogP contribution < -0.4 is 5.43 Å². The fourth-order valence-corrected chi connectivity index (χ4v) is 1.91. The fraction of sp³-hybridized carbons (Fsp3) is 0.375. The second-order valence-corrected chi connectivity index (χ2v) is 3.88. The van der Waals surface area contributed by atoms with Crippen molar-refractivity contribution in [1.82, 2.24) is 10.4 Å². The largest absolute Gasteiger partial charge is 0.286 e. The minimum absolute atomic E-state index is 0.911. The van der Waals surface area contributed by atoms with Gasteiger partial charge in [0.2, 0.25) is 0 Å². The highest BCUT2D eigenvalue weighted by molar-refractivity contribution is 8.03. The summed E-state index contributed by atoms with van der Waals surface area (Å²) in [4.78, 5) is 5.51. The molecule has 0 spiro atoms. The van der Waals surface area contributed by atoms with Gasteiger partial charge >= 0.3 is 0 Å². The first-order valence-electron chi connectivity index (χ1n) is 4.01. The number of thioether (sulfide) groups is 1. The third kappa shape index (κ3) is 1.34. The first-order chi connectivity index (χ1) is 5.90. The number of allylic oxidation sites excluding steroid dienone is 1. The van der Waals surface area contributed by atoms with Crippen molar-refractivity contribution in [2.45, 2.75) is 6.92 Å². The molecule has 12 heavy (non-hydrogen) atoms. The Bertz CT molecular complexity index is 267. The van der Waals surface area contributed by atoms with Crippen molar-refractivity contribution in [2.24, 2.45) is 4.99 Å². The molecule has 3 nitrogen and oxygen atoms in total. The molecule has 64 valence electrons. The van der Waals surface area contributed by atoms with Crippen LogP contribution in [0.4, 0.5) is 0 Å². The van der Waals surface area contributed by atoms with E-state index in [0.717, 1.165) is 18.1 Å². The predicted octanol–water partition coefficient (Wildman–Crippen LogP) is 1.33. The summed E-state index contributed by atoms with van der Waals surface area (Å²) >= 11 is 1.86. The Morgan fingerprint density at radius 2 is 2.67 bits per heavy atom. The average molecular weight is 181 g/mol. The van der Waals surface area contributed by atoms with E-state index in [1.54, 1.807) is 6.34 Å². The number of aliphatic imine (C=N–C) groups is 1. The van der Waals surface area contributed by atoms with E-state index in [9.17, 15) is 0 Å². The van der Waals surface area contributed by atoms with Gasteiger partial charge in [-0.25, -0.2) is 4.99 Å². The monoisotopic (exact) mass is 181 g/mol. The zero-order chi connectivity index (χ0) is 8.39. The van der Waals surface area contributed by atoms with E-state index < -0.39 is 0 Å². The number of hydrogen-bond donors (Lipinski definition) is 1. The summed E-state index contributed by atoms with van der Waals surface area (Å²) in [6, 6.07) is 0. The summed E-state index contributed by atoms with van der Waals surface area (Å²) in [6.07, 6.45) is 6.03. The average Bonchev–Trinajstić information content (AvgIpc) is 2.51. The number of hydrazine groups is 1. The fourth-order valence-electron chi connectivity index (χ4n) is 1.20. The molecule has 0 unspecified atom stereocenters. The Labute approximate surface area is 76.2 Å². The molecule has 2 rings (SSSR count). The first kappa shape index (κ1) is 7.73. The van der Waals surface area contributed by atoms with Crippen molar-refractivity contribution in [3.8, 4) is 0 Å². The minimum Gasteiger partial charge on any atom is -0.286 e. The lowest BCUT2D eigenvalue weighted by Gasteiger charge is -2.20. The molecule has 2 aliphatic rings. The summed E-state index contributed by atoms with van der Waals surface area (Å²) in [7, 11) is 0. The van der Waals surface area contributed by atoms with Gasteiger partial charge in [-0.3, -0.25) is 10.4 Å². The van der Waals surface area contributed by atoms with Crippen LogP contribution in [0.25, 0.3) is 0 Å². The van der Waals surface area contributed by atoms with E-state index >= 15 is 0 Å². The van der Waals surface area contributed by atoms with Crippen LogP contribution in [0.5, 0.6) is 0 Å². The van der Waals surface area contributed by atoms with Gasteiger partial charge in [-0.2, -0.15) is 0 Å². The molecule has 0 atom stereocenters. The quantitative estimate of drug-likeness (QED) is 0.696. The second kappa shape index (κ2) is 3.23. The topological polar surface area (TPSA) is 27.6 Å². The molecule has 0 saturated heterocycles. The number of fused-ring (bicyclic) bond motifs is 1. The molecule has 0 fully saturated rings. The molecule has 0 amide bonds. The lowest BCUT2D eigenvalue weighted by molar-refractivity contribution is 0.354. The Hall–Kier alpha value is -0.900. The standard InChI is InChI=1S/C8H11N3S/c1-2-12-7-3-4-11-8(5-7)9-6-10-11/h3,5-6H,2,4H2,1H3,(H,9,10). The lowest BCUT2D eigenvalue weighted by atomic mass is 10.3.